The Labute approximate surface area is 119 Å². The van der Waals surface area contributed by atoms with E-state index in [1.165, 1.54) is 5.56 Å². The summed E-state index contributed by atoms with van der Waals surface area (Å²) in [5.74, 6) is 0.971. The van der Waals surface area contributed by atoms with Crippen LogP contribution in [0, 0.1) is 0 Å². The third kappa shape index (κ3) is 7.05. The van der Waals surface area contributed by atoms with Gasteiger partial charge in [0.2, 0.25) is 8.32 Å². The maximum atomic E-state index is 5.95. The lowest BCUT2D eigenvalue weighted by molar-refractivity contribution is 0.122. The average molecular weight is 364 g/mol. The van der Waals surface area contributed by atoms with Gasteiger partial charge in [-0.1, -0.05) is 34.7 Å². The molecule has 0 heterocycles. The number of hydrogen-bond acceptors (Lipinski definition) is 2. The Hall–Kier alpha value is -0.0731. The fourth-order valence-electron chi connectivity index (χ4n) is 1.40. The van der Waals surface area contributed by atoms with Gasteiger partial charge in [-0.15, -0.1) is 0 Å². The fraction of sp³-hybridized carbons (Fsp3) is 0.538. The summed E-state index contributed by atoms with van der Waals surface area (Å²) in [6.45, 7) is 8.09. The Bertz CT molecular complexity index is 336. The highest BCUT2D eigenvalue weighted by Gasteiger charge is 2.16. The molecule has 1 rings (SSSR count). The van der Waals surface area contributed by atoms with Crippen LogP contribution in [0.15, 0.2) is 24.3 Å². The maximum Gasteiger partial charge on any atom is 0.242 e. The van der Waals surface area contributed by atoms with Gasteiger partial charge in [0.15, 0.2) is 0 Å². The molecule has 4 heteroatoms. The predicted octanol–water partition coefficient (Wildman–Crippen LogP) is 4.24. The van der Waals surface area contributed by atoms with E-state index in [1.807, 2.05) is 12.1 Å². The molecule has 0 radical (unpaired) electrons. The highest BCUT2D eigenvalue weighted by molar-refractivity contribution is 14.1. The van der Waals surface area contributed by atoms with E-state index in [0.29, 0.717) is 6.61 Å². The predicted molar refractivity (Wildman–Crippen MR) is 83.6 cm³/mol. The Morgan fingerprint density at radius 3 is 2.65 bits per heavy atom. The Kier molecular flexibility index (Phi) is 6.51. The average Bonchev–Trinajstić information content (AvgIpc) is 2.23. The van der Waals surface area contributed by atoms with Gasteiger partial charge < -0.3 is 9.16 Å². The number of halogens is 1. The van der Waals surface area contributed by atoms with Crippen LogP contribution in [0.4, 0.5) is 0 Å². The lowest BCUT2D eigenvalue weighted by atomic mass is 10.2. The molecule has 96 valence electrons. The van der Waals surface area contributed by atoms with Crippen LogP contribution in [-0.4, -0.2) is 19.4 Å². The summed E-state index contributed by atoms with van der Waals surface area (Å²) in [5.41, 5.74) is 1.19. The zero-order chi connectivity index (χ0) is 12.7. The van der Waals surface area contributed by atoms with Crippen LogP contribution < -0.4 is 4.43 Å². The highest BCUT2D eigenvalue weighted by atomic mass is 127. The van der Waals surface area contributed by atoms with Gasteiger partial charge in [0.05, 0.1) is 6.61 Å². The van der Waals surface area contributed by atoms with Crippen molar-refractivity contribution >= 4 is 30.9 Å². The minimum absolute atomic E-state index is 0.680. The highest BCUT2D eigenvalue weighted by Crippen LogP contribution is 2.18. The smallest absolute Gasteiger partial charge is 0.242 e. The molecule has 0 aliphatic carbocycles. The molecule has 1 aromatic carbocycles. The second kappa shape index (κ2) is 7.38. The van der Waals surface area contributed by atoms with Crippen molar-refractivity contribution in [2.24, 2.45) is 0 Å². The van der Waals surface area contributed by atoms with E-state index in [-0.39, 0.29) is 0 Å². The first-order valence-corrected chi connectivity index (χ1v) is 10.9. The third-order valence-corrected chi connectivity index (χ3v) is 3.62. The van der Waals surface area contributed by atoms with Crippen molar-refractivity contribution < 1.29 is 9.16 Å². The van der Waals surface area contributed by atoms with Gasteiger partial charge in [-0.25, -0.2) is 0 Å². The van der Waals surface area contributed by atoms with Gasteiger partial charge in [0, 0.05) is 11.0 Å². The van der Waals surface area contributed by atoms with Crippen LogP contribution in [0.1, 0.15) is 12.0 Å². The van der Waals surface area contributed by atoms with E-state index in [1.54, 1.807) is 0 Å². The summed E-state index contributed by atoms with van der Waals surface area (Å²) >= 11 is 2.37. The van der Waals surface area contributed by atoms with Crippen LogP contribution in [0.2, 0.25) is 19.6 Å². The van der Waals surface area contributed by atoms with Crippen molar-refractivity contribution in [2.45, 2.75) is 32.7 Å². The van der Waals surface area contributed by atoms with Crippen molar-refractivity contribution in [1.82, 2.24) is 0 Å². The first-order chi connectivity index (χ1) is 8.01. The Morgan fingerprint density at radius 2 is 2.00 bits per heavy atom. The van der Waals surface area contributed by atoms with E-state index >= 15 is 0 Å². The summed E-state index contributed by atoms with van der Waals surface area (Å²) in [5, 5.41) is 0. The van der Waals surface area contributed by atoms with E-state index in [9.17, 15) is 0 Å². The first kappa shape index (κ1) is 15.0. The molecule has 0 atom stereocenters. The number of alkyl halides is 1. The molecule has 0 fully saturated rings. The minimum Gasteiger partial charge on any atom is -0.544 e. The van der Waals surface area contributed by atoms with E-state index in [0.717, 1.165) is 23.2 Å². The van der Waals surface area contributed by atoms with Gasteiger partial charge in [-0.3, -0.25) is 0 Å². The topological polar surface area (TPSA) is 18.5 Å². The van der Waals surface area contributed by atoms with E-state index in [4.69, 9.17) is 9.16 Å². The van der Waals surface area contributed by atoms with Crippen LogP contribution in [-0.2, 0) is 11.3 Å². The third-order valence-electron chi connectivity index (χ3n) is 2.01. The van der Waals surface area contributed by atoms with Crippen LogP contribution >= 0.6 is 22.6 Å². The lowest BCUT2D eigenvalue weighted by Crippen LogP contribution is -2.29. The molecule has 17 heavy (non-hydrogen) atoms. The van der Waals surface area contributed by atoms with Crippen LogP contribution in [0.3, 0.4) is 0 Å². The summed E-state index contributed by atoms with van der Waals surface area (Å²) in [7, 11) is -1.51. The zero-order valence-corrected chi connectivity index (χ0v) is 14.0. The zero-order valence-electron chi connectivity index (χ0n) is 10.8. The summed E-state index contributed by atoms with van der Waals surface area (Å²) in [6.07, 6.45) is 1.12. The molecule has 0 aliphatic heterocycles. The molecule has 0 saturated carbocycles. The van der Waals surface area contributed by atoms with Crippen LogP contribution in [0.5, 0.6) is 5.75 Å². The largest absolute Gasteiger partial charge is 0.544 e. The van der Waals surface area contributed by atoms with Crippen molar-refractivity contribution in [2.75, 3.05) is 11.0 Å². The van der Waals surface area contributed by atoms with Crippen molar-refractivity contribution in [3.05, 3.63) is 29.8 Å². The molecular formula is C13H21IO2Si. The second-order valence-corrected chi connectivity index (χ2v) is 10.5. The molecule has 0 N–H and O–H groups in total. The lowest BCUT2D eigenvalue weighted by Gasteiger charge is -2.19. The molecule has 0 spiro atoms. The SMILES string of the molecule is C[Si](C)(C)Oc1cccc(COCCCI)c1. The van der Waals surface area contributed by atoms with E-state index < -0.39 is 8.32 Å². The van der Waals surface area contributed by atoms with Crippen molar-refractivity contribution in [3.63, 3.8) is 0 Å². The normalized spacial score (nSPS) is 11.5. The van der Waals surface area contributed by atoms with E-state index in [2.05, 4.69) is 54.4 Å². The van der Waals surface area contributed by atoms with Crippen molar-refractivity contribution in [1.29, 1.82) is 0 Å². The maximum absolute atomic E-state index is 5.95. The van der Waals surface area contributed by atoms with Gasteiger partial charge in [0.25, 0.3) is 0 Å². The second-order valence-electron chi connectivity index (χ2n) is 4.96. The first-order valence-electron chi connectivity index (χ1n) is 5.93. The Morgan fingerprint density at radius 1 is 1.24 bits per heavy atom. The quantitative estimate of drug-likeness (QED) is 0.312. The van der Waals surface area contributed by atoms with Gasteiger partial charge >= 0.3 is 0 Å². The molecule has 2 nitrogen and oxygen atoms in total. The molecular weight excluding hydrogens is 343 g/mol. The number of ether oxygens (including phenoxy) is 1. The summed E-state index contributed by atoms with van der Waals surface area (Å²) < 4.78 is 12.7. The number of rotatable bonds is 7. The van der Waals surface area contributed by atoms with Crippen LogP contribution in [0.25, 0.3) is 0 Å². The monoisotopic (exact) mass is 364 g/mol. The summed E-state index contributed by atoms with van der Waals surface area (Å²) in [6, 6.07) is 8.22. The molecule has 0 aromatic heterocycles. The number of hydrogen-bond donors (Lipinski definition) is 0. The van der Waals surface area contributed by atoms with Gasteiger partial charge in [-0.2, -0.15) is 0 Å². The molecule has 1 aromatic rings. The van der Waals surface area contributed by atoms with Gasteiger partial charge in [0.1, 0.15) is 5.75 Å². The van der Waals surface area contributed by atoms with Crippen molar-refractivity contribution in [3.8, 4) is 5.75 Å². The standard InChI is InChI=1S/C13H21IO2Si/c1-17(2,3)16-13-7-4-6-12(10-13)11-15-9-5-8-14/h4,6-7,10H,5,8-9,11H2,1-3H3. The minimum atomic E-state index is -1.51. The molecule has 0 amide bonds. The molecule has 0 unspecified atom stereocenters. The summed E-state index contributed by atoms with van der Waals surface area (Å²) in [4.78, 5) is 0. The molecule has 0 saturated heterocycles. The molecule has 0 aliphatic rings. The Balaban J connectivity index is 2.48. The number of benzene rings is 1. The molecule has 0 bridgehead atoms. The van der Waals surface area contributed by atoms with Gasteiger partial charge in [-0.05, 0) is 43.8 Å². The fourth-order valence-corrected chi connectivity index (χ4v) is 2.54.